The highest BCUT2D eigenvalue weighted by molar-refractivity contribution is 5.86. The average molecular weight is 319 g/mol. The van der Waals surface area contributed by atoms with Gasteiger partial charge in [0.15, 0.2) is 0 Å². The molecule has 0 aliphatic heterocycles. The van der Waals surface area contributed by atoms with E-state index in [0.717, 1.165) is 16.7 Å². The summed E-state index contributed by atoms with van der Waals surface area (Å²) in [5.74, 6) is 2.18. The van der Waals surface area contributed by atoms with Crippen LogP contribution < -0.4 is 21.9 Å². The van der Waals surface area contributed by atoms with Gasteiger partial charge in [0, 0.05) is 12.1 Å². The van der Waals surface area contributed by atoms with Crippen molar-refractivity contribution >= 4 is 11.0 Å². The van der Waals surface area contributed by atoms with Crippen LogP contribution in [0.1, 0.15) is 0 Å². The first-order valence-electron chi connectivity index (χ1n) is 6.49. The van der Waals surface area contributed by atoms with Gasteiger partial charge in [0.1, 0.15) is 22.6 Å². The number of rotatable bonds is 3. The van der Waals surface area contributed by atoms with Gasteiger partial charge in [0.05, 0.1) is 25.8 Å². The number of hydrogen-bond acceptors (Lipinski definition) is 3. The Bertz CT molecular complexity index is 785. The number of hydrogen-bond donors (Lipinski definition) is 1. The zero-order chi connectivity index (χ0) is 14.8. The van der Waals surface area contributed by atoms with Gasteiger partial charge in [0.2, 0.25) is 0 Å². The fourth-order valence-corrected chi connectivity index (χ4v) is 2.23. The van der Waals surface area contributed by atoms with Crippen LogP contribution in [-0.4, -0.2) is 19.3 Å². The van der Waals surface area contributed by atoms with E-state index in [1.165, 1.54) is 0 Å². The van der Waals surface area contributed by atoms with E-state index in [1.807, 2.05) is 36.4 Å². The Kier molecular flexibility index (Phi) is 4.73. The Morgan fingerprint density at radius 3 is 2.27 bits per heavy atom. The van der Waals surface area contributed by atoms with Crippen molar-refractivity contribution in [3.8, 4) is 28.6 Å². The van der Waals surface area contributed by atoms with Gasteiger partial charge in [-0.05, 0) is 30.3 Å². The predicted octanol–water partition coefficient (Wildman–Crippen LogP) is 1.11. The first-order chi connectivity index (χ1) is 10.2. The summed E-state index contributed by atoms with van der Waals surface area (Å²) in [7, 11) is 3.19. The summed E-state index contributed by atoms with van der Waals surface area (Å²) in [5.41, 5.74) is 1.50. The molecule has 0 saturated carbocycles. The van der Waals surface area contributed by atoms with Crippen molar-refractivity contribution in [3.05, 3.63) is 48.5 Å². The first-order valence-corrected chi connectivity index (χ1v) is 6.49. The summed E-state index contributed by atoms with van der Waals surface area (Å²) in [6.45, 7) is 0. The Morgan fingerprint density at radius 2 is 1.64 bits per heavy atom. The number of aromatic hydroxyl groups is 1. The van der Waals surface area contributed by atoms with Gasteiger partial charge in [-0.1, -0.05) is 0 Å². The van der Waals surface area contributed by atoms with Gasteiger partial charge in [0.25, 0.3) is 0 Å². The van der Waals surface area contributed by atoms with E-state index < -0.39 is 0 Å². The van der Waals surface area contributed by atoms with Crippen molar-refractivity contribution in [1.29, 1.82) is 0 Å². The van der Waals surface area contributed by atoms with Gasteiger partial charge in [-0.2, -0.15) is 0 Å². The zero-order valence-corrected chi connectivity index (χ0v) is 12.9. The minimum absolute atomic E-state index is 0. The fraction of sp³-hybridized carbons (Fsp3) is 0.118. The van der Waals surface area contributed by atoms with Gasteiger partial charge >= 0.3 is 11.3 Å². The van der Waals surface area contributed by atoms with Crippen LogP contribution in [0, 0.1) is 0 Å². The molecule has 0 atom stereocenters. The van der Waals surface area contributed by atoms with Gasteiger partial charge in [-0.25, -0.2) is 4.42 Å². The number of fused-ring (bicyclic) bond motifs is 1. The Morgan fingerprint density at radius 1 is 0.909 bits per heavy atom. The third-order valence-electron chi connectivity index (χ3n) is 3.30. The molecule has 0 fully saturated rings. The molecule has 0 aliphatic rings. The normalized spacial score (nSPS) is 10.1. The van der Waals surface area contributed by atoms with Crippen LogP contribution in [0.25, 0.3) is 22.3 Å². The number of ether oxygens (including phenoxy) is 2. The quantitative estimate of drug-likeness (QED) is 0.735. The molecule has 0 saturated heterocycles. The maximum absolute atomic E-state index is 9.72. The van der Waals surface area contributed by atoms with Crippen LogP contribution in [0.2, 0.25) is 0 Å². The molecule has 0 bridgehead atoms. The Balaban J connectivity index is 0.00000176. The molecule has 0 unspecified atom stereocenters. The minimum Gasteiger partial charge on any atom is -1.00 e. The third-order valence-corrected chi connectivity index (χ3v) is 3.30. The molecule has 0 aliphatic carbocycles. The third kappa shape index (κ3) is 2.92. The highest BCUT2D eigenvalue weighted by Gasteiger charge is 2.18. The lowest BCUT2D eigenvalue weighted by atomic mass is 10.1. The van der Waals surface area contributed by atoms with Crippen molar-refractivity contribution < 1.29 is 31.4 Å². The van der Waals surface area contributed by atoms with Gasteiger partial charge < -0.3 is 27.0 Å². The van der Waals surface area contributed by atoms with E-state index >= 15 is 0 Å². The molecule has 2 aromatic carbocycles. The molecule has 1 heterocycles. The summed E-state index contributed by atoms with van der Waals surface area (Å²) < 4.78 is 16.3. The minimum atomic E-state index is 0. The van der Waals surface area contributed by atoms with E-state index in [4.69, 9.17) is 13.9 Å². The zero-order valence-electron chi connectivity index (χ0n) is 12.2. The van der Waals surface area contributed by atoms with Crippen LogP contribution >= 0.6 is 0 Å². The van der Waals surface area contributed by atoms with Crippen molar-refractivity contribution in [2.45, 2.75) is 0 Å². The number of halogens is 1. The lowest BCUT2D eigenvalue weighted by Crippen LogP contribution is -3.00. The van der Waals surface area contributed by atoms with Crippen molar-refractivity contribution in [3.63, 3.8) is 0 Å². The molecule has 5 heteroatoms. The molecule has 0 radical (unpaired) electrons. The largest absolute Gasteiger partial charge is 1.00 e. The summed E-state index contributed by atoms with van der Waals surface area (Å²) >= 11 is 0. The first kappa shape index (κ1) is 15.9. The molecule has 1 N–H and O–H groups in total. The van der Waals surface area contributed by atoms with Crippen LogP contribution in [0.3, 0.4) is 0 Å². The molecule has 0 amide bonds. The number of methoxy groups -OCH3 is 2. The second-order valence-electron chi connectivity index (χ2n) is 4.59. The summed E-state index contributed by atoms with van der Waals surface area (Å²) in [6, 6.07) is 14.5. The molecular formula is C17H15ClO4. The van der Waals surface area contributed by atoms with E-state index in [-0.39, 0.29) is 18.2 Å². The van der Waals surface area contributed by atoms with Gasteiger partial charge in [-0.15, -0.1) is 0 Å². The molecule has 3 rings (SSSR count). The average Bonchev–Trinajstić information content (AvgIpc) is 2.53. The molecular weight excluding hydrogens is 304 g/mol. The van der Waals surface area contributed by atoms with Crippen LogP contribution in [0.5, 0.6) is 17.2 Å². The SMILES string of the molecule is COc1ccc(-c2ccc3c(OC)cc(O)cc3[o+]2)cc1.[Cl-]. The summed E-state index contributed by atoms with van der Waals surface area (Å²) in [5, 5.41) is 10.5. The number of benzene rings is 2. The standard InChI is InChI=1S/C17H14O4.ClH/c1-19-13-5-3-11(4-6-13)15-8-7-14-16(20-2)9-12(18)10-17(14)21-15;/h3-10H,1-2H3;1H. The highest BCUT2D eigenvalue weighted by atomic mass is 35.5. The van der Waals surface area contributed by atoms with Crippen molar-refractivity contribution in [2.75, 3.05) is 14.2 Å². The van der Waals surface area contributed by atoms with E-state index in [9.17, 15) is 5.11 Å². The van der Waals surface area contributed by atoms with E-state index in [1.54, 1.807) is 26.4 Å². The molecule has 4 nitrogen and oxygen atoms in total. The Hall–Kier alpha value is -2.46. The molecule has 22 heavy (non-hydrogen) atoms. The topological polar surface area (TPSA) is 50.0 Å². The van der Waals surface area contributed by atoms with Gasteiger partial charge in [-0.3, -0.25) is 0 Å². The predicted molar refractivity (Wildman–Crippen MR) is 80.8 cm³/mol. The molecule has 0 spiro atoms. The van der Waals surface area contributed by atoms with Crippen molar-refractivity contribution in [2.24, 2.45) is 0 Å². The summed E-state index contributed by atoms with van der Waals surface area (Å²) in [6.07, 6.45) is 0. The van der Waals surface area contributed by atoms with Crippen LogP contribution in [0.15, 0.2) is 52.9 Å². The lowest BCUT2D eigenvalue weighted by molar-refractivity contribution is -0.00000641. The molecule has 1 aromatic heterocycles. The lowest BCUT2D eigenvalue weighted by Gasteiger charge is -2.02. The van der Waals surface area contributed by atoms with Crippen LogP contribution in [-0.2, 0) is 0 Å². The van der Waals surface area contributed by atoms with Crippen molar-refractivity contribution in [1.82, 2.24) is 0 Å². The second-order valence-corrected chi connectivity index (χ2v) is 4.59. The maximum Gasteiger partial charge on any atom is 0.368 e. The maximum atomic E-state index is 9.72. The summed E-state index contributed by atoms with van der Waals surface area (Å²) in [4.78, 5) is 0. The second kappa shape index (κ2) is 6.54. The molecule has 114 valence electrons. The molecule has 3 aromatic rings. The van der Waals surface area contributed by atoms with E-state index in [0.29, 0.717) is 17.1 Å². The fourth-order valence-electron chi connectivity index (χ4n) is 2.23. The Labute approximate surface area is 134 Å². The highest BCUT2D eigenvalue weighted by Crippen LogP contribution is 2.33. The number of phenols is 1. The smallest absolute Gasteiger partial charge is 0.368 e. The van der Waals surface area contributed by atoms with Crippen LogP contribution in [0.4, 0.5) is 0 Å². The monoisotopic (exact) mass is 318 g/mol. The number of phenolic OH excluding ortho intramolecular Hbond substituents is 1. The van der Waals surface area contributed by atoms with E-state index in [2.05, 4.69) is 0 Å².